The maximum absolute atomic E-state index is 13.4. The smallest absolute Gasteiger partial charge is 0.265 e. The third-order valence-corrected chi connectivity index (χ3v) is 5.52. The molecule has 1 atom stereocenters. The van der Waals surface area contributed by atoms with Crippen LogP contribution in [0, 0.1) is 12.7 Å². The maximum Gasteiger partial charge on any atom is 0.265 e. The van der Waals surface area contributed by atoms with E-state index in [4.69, 9.17) is 0 Å². The quantitative estimate of drug-likeness (QED) is 0.833. The summed E-state index contributed by atoms with van der Waals surface area (Å²) in [6, 6.07) is 8.44. The third-order valence-electron chi connectivity index (χ3n) is 3.23. The van der Waals surface area contributed by atoms with Crippen LogP contribution in [0.4, 0.5) is 4.39 Å². The molecule has 1 saturated heterocycles. The van der Waals surface area contributed by atoms with Gasteiger partial charge in [0.05, 0.1) is 4.88 Å². The van der Waals surface area contributed by atoms with Crippen LogP contribution in [0.2, 0.25) is 0 Å². The molecule has 1 amide bonds. The summed E-state index contributed by atoms with van der Waals surface area (Å²) in [5.41, 5.74) is 1.96. The highest BCUT2D eigenvalue weighted by Gasteiger charge is 2.31. The molecule has 1 fully saturated rings. The highest BCUT2D eigenvalue weighted by Crippen LogP contribution is 2.39. The van der Waals surface area contributed by atoms with Crippen molar-refractivity contribution in [2.75, 3.05) is 12.3 Å². The predicted molar refractivity (Wildman–Crippen MR) is 81.7 cm³/mol. The minimum Gasteiger partial charge on any atom is -0.321 e. The van der Waals surface area contributed by atoms with Crippen molar-refractivity contribution in [2.24, 2.45) is 0 Å². The monoisotopic (exact) mass is 307 g/mol. The van der Waals surface area contributed by atoms with Gasteiger partial charge in [-0.15, -0.1) is 23.1 Å². The molecule has 104 valence electrons. The fraction of sp³-hybridized carbons (Fsp3) is 0.267. The second kappa shape index (κ2) is 5.58. The summed E-state index contributed by atoms with van der Waals surface area (Å²) in [4.78, 5) is 15.2. The molecule has 0 radical (unpaired) electrons. The maximum atomic E-state index is 13.4. The Hall–Kier alpha value is -1.33. The van der Waals surface area contributed by atoms with Crippen LogP contribution in [0.1, 0.15) is 26.2 Å². The van der Waals surface area contributed by atoms with Crippen molar-refractivity contribution in [2.45, 2.75) is 12.3 Å². The summed E-state index contributed by atoms with van der Waals surface area (Å²) in [5, 5.41) is 1.90. The van der Waals surface area contributed by atoms with E-state index in [-0.39, 0.29) is 17.1 Å². The topological polar surface area (TPSA) is 20.3 Å². The first-order chi connectivity index (χ1) is 9.65. The van der Waals surface area contributed by atoms with Crippen LogP contribution in [-0.4, -0.2) is 23.1 Å². The van der Waals surface area contributed by atoms with Crippen molar-refractivity contribution in [3.8, 4) is 0 Å². The van der Waals surface area contributed by atoms with Crippen LogP contribution in [-0.2, 0) is 0 Å². The van der Waals surface area contributed by atoms with Crippen LogP contribution in [0.15, 0.2) is 35.7 Å². The van der Waals surface area contributed by atoms with Gasteiger partial charge < -0.3 is 4.90 Å². The number of aryl methyl sites for hydroxylation is 1. The number of carbonyl (C=O) groups excluding carboxylic acids is 1. The van der Waals surface area contributed by atoms with Gasteiger partial charge in [-0.2, -0.15) is 0 Å². The van der Waals surface area contributed by atoms with E-state index >= 15 is 0 Å². The van der Waals surface area contributed by atoms with Crippen LogP contribution in [0.3, 0.4) is 0 Å². The number of thioether (sulfide) groups is 1. The molecule has 1 aliphatic heterocycles. The Bertz CT molecular complexity index is 640. The summed E-state index contributed by atoms with van der Waals surface area (Å²) in [7, 11) is 0. The fourth-order valence-electron chi connectivity index (χ4n) is 2.30. The van der Waals surface area contributed by atoms with Crippen molar-refractivity contribution < 1.29 is 9.18 Å². The Balaban J connectivity index is 1.87. The van der Waals surface area contributed by atoms with Gasteiger partial charge in [0, 0.05) is 12.3 Å². The van der Waals surface area contributed by atoms with E-state index in [0.29, 0.717) is 6.54 Å². The third kappa shape index (κ3) is 2.60. The lowest BCUT2D eigenvalue weighted by Crippen LogP contribution is -2.29. The molecule has 1 aliphatic rings. The number of hydrogen-bond acceptors (Lipinski definition) is 3. The SMILES string of the molecule is Cc1csc(C(=O)N2CCS[C@@H]2c2cccc(F)c2)c1. The molecule has 1 aromatic carbocycles. The molecule has 0 N–H and O–H groups in total. The van der Waals surface area contributed by atoms with E-state index in [0.717, 1.165) is 21.8 Å². The molecule has 0 unspecified atom stereocenters. The number of rotatable bonds is 2. The lowest BCUT2D eigenvalue weighted by molar-refractivity contribution is 0.0765. The van der Waals surface area contributed by atoms with Gasteiger partial charge in [-0.1, -0.05) is 12.1 Å². The van der Waals surface area contributed by atoms with E-state index in [1.807, 2.05) is 29.3 Å². The van der Waals surface area contributed by atoms with E-state index in [1.165, 1.54) is 23.5 Å². The lowest BCUT2D eigenvalue weighted by atomic mass is 10.2. The molecule has 2 nitrogen and oxygen atoms in total. The van der Waals surface area contributed by atoms with E-state index in [9.17, 15) is 9.18 Å². The number of benzene rings is 1. The van der Waals surface area contributed by atoms with Crippen LogP contribution in [0.5, 0.6) is 0 Å². The molecule has 5 heteroatoms. The van der Waals surface area contributed by atoms with Gasteiger partial charge in [-0.05, 0) is 41.6 Å². The summed E-state index contributed by atoms with van der Waals surface area (Å²) >= 11 is 3.16. The zero-order valence-corrected chi connectivity index (χ0v) is 12.6. The number of amides is 1. The van der Waals surface area contributed by atoms with Gasteiger partial charge in [0.25, 0.3) is 5.91 Å². The summed E-state index contributed by atoms with van der Waals surface area (Å²) in [5.74, 6) is 0.675. The summed E-state index contributed by atoms with van der Waals surface area (Å²) in [6.07, 6.45) is 0. The Morgan fingerprint density at radius 2 is 2.25 bits per heavy atom. The normalized spacial score (nSPS) is 18.5. The highest BCUT2D eigenvalue weighted by atomic mass is 32.2. The molecule has 0 bridgehead atoms. The lowest BCUT2D eigenvalue weighted by Gasteiger charge is -2.23. The van der Waals surface area contributed by atoms with Crippen molar-refractivity contribution in [1.82, 2.24) is 4.90 Å². The van der Waals surface area contributed by atoms with Gasteiger partial charge >= 0.3 is 0 Å². The van der Waals surface area contributed by atoms with Gasteiger partial charge in [0.2, 0.25) is 0 Å². The van der Waals surface area contributed by atoms with Crippen LogP contribution in [0.25, 0.3) is 0 Å². The molecule has 0 saturated carbocycles. The van der Waals surface area contributed by atoms with Gasteiger partial charge in [0.1, 0.15) is 11.2 Å². The molecule has 3 rings (SSSR count). The van der Waals surface area contributed by atoms with Gasteiger partial charge in [-0.25, -0.2) is 4.39 Å². The predicted octanol–water partition coefficient (Wildman–Crippen LogP) is 4.08. The van der Waals surface area contributed by atoms with E-state index in [2.05, 4.69) is 0 Å². The Morgan fingerprint density at radius 1 is 1.40 bits per heavy atom. The zero-order valence-electron chi connectivity index (χ0n) is 11.0. The fourth-order valence-corrected chi connectivity index (χ4v) is 4.40. The number of nitrogens with zero attached hydrogens (tertiary/aromatic N) is 1. The molecule has 0 aliphatic carbocycles. The van der Waals surface area contributed by atoms with E-state index < -0.39 is 0 Å². The molecule has 2 aromatic rings. The first kappa shape index (κ1) is 13.6. The molecule has 1 aromatic heterocycles. The Morgan fingerprint density at radius 3 is 2.95 bits per heavy atom. The molecule has 20 heavy (non-hydrogen) atoms. The average Bonchev–Trinajstić information content (AvgIpc) is 3.06. The first-order valence-corrected chi connectivity index (χ1v) is 8.31. The second-order valence-corrected chi connectivity index (χ2v) is 6.86. The molecule has 2 heterocycles. The largest absolute Gasteiger partial charge is 0.321 e. The van der Waals surface area contributed by atoms with Crippen molar-refractivity contribution >= 4 is 29.0 Å². The van der Waals surface area contributed by atoms with Crippen LogP contribution < -0.4 is 0 Å². The standard InChI is InChI=1S/C15H14FNOS2/c1-10-7-13(20-9-10)14(18)17-5-6-19-15(17)11-3-2-4-12(16)8-11/h2-4,7-9,15H,5-6H2,1H3/t15-/m1/s1. The number of carbonyl (C=O) groups is 1. The number of thiophene rings is 1. The van der Waals surface area contributed by atoms with E-state index in [1.54, 1.807) is 17.8 Å². The minimum atomic E-state index is -0.255. The van der Waals surface area contributed by atoms with Crippen molar-refractivity contribution in [1.29, 1.82) is 0 Å². The second-order valence-electron chi connectivity index (χ2n) is 4.77. The van der Waals surface area contributed by atoms with Gasteiger partial charge in [0.15, 0.2) is 0 Å². The van der Waals surface area contributed by atoms with Crippen LogP contribution >= 0.6 is 23.1 Å². The van der Waals surface area contributed by atoms with Crippen molar-refractivity contribution in [3.63, 3.8) is 0 Å². The molecule has 0 spiro atoms. The number of halogens is 1. The summed E-state index contributed by atoms with van der Waals surface area (Å²) < 4.78 is 13.4. The summed E-state index contributed by atoms with van der Waals surface area (Å²) in [6.45, 7) is 2.69. The zero-order chi connectivity index (χ0) is 14.1. The average molecular weight is 307 g/mol. The molecular weight excluding hydrogens is 293 g/mol. The highest BCUT2D eigenvalue weighted by molar-refractivity contribution is 7.99. The van der Waals surface area contributed by atoms with Crippen molar-refractivity contribution in [3.05, 3.63) is 57.5 Å². The molecular formula is C15H14FNOS2. The number of hydrogen-bond donors (Lipinski definition) is 0. The Kier molecular flexibility index (Phi) is 3.81. The van der Waals surface area contributed by atoms with Gasteiger partial charge in [-0.3, -0.25) is 4.79 Å². The Labute approximate surface area is 125 Å². The first-order valence-electron chi connectivity index (χ1n) is 6.38. The minimum absolute atomic E-state index is 0.0439.